The number of carbonyl (C=O) groups is 2. The van der Waals surface area contributed by atoms with Crippen LogP contribution in [-0.2, 0) is 9.59 Å². The second kappa shape index (κ2) is 8.45. The van der Waals surface area contributed by atoms with E-state index in [0.29, 0.717) is 24.4 Å². The number of likely N-dealkylation sites (tertiary alicyclic amines) is 1. The number of hydrogen-bond donors (Lipinski definition) is 1. The molecule has 1 saturated heterocycles. The number of aliphatic hydroxyl groups excluding tert-OH is 1. The van der Waals surface area contributed by atoms with Gasteiger partial charge >= 0.3 is 0 Å². The summed E-state index contributed by atoms with van der Waals surface area (Å²) < 4.78 is 5.27. The van der Waals surface area contributed by atoms with Crippen LogP contribution in [0.2, 0.25) is 0 Å². The van der Waals surface area contributed by atoms with Gasteiger partial charge in [0.2, 0.25) is 0 Å². The third-order valence-corrected chi connectivity index (χ3v) is 5.02. The highest BCUT2D eigenvalue weighted by Gasteiger charge is 2.45. The van der Waals surface area contributed by atoms with Gasteiger partial charge in [-0.3, -0.25) is 14.6 Å². The Balaban J connectivity index is 2.13. The molecule has 1 unspecified atom stereocenters. The first kappa shape index (κ1) is 20.5. The zero-order chi connectivity index (χ0) is 21.1. The third-order valence-electron chi connectivity index (χ3n) is 5.02. The summed E-state index contributed by atoms with van der Waals surface area (Å²) in [5, 5.41) is 11.0. The molecule has 0 aliphatic carbocycles. The number of pyridine rings is 1. The predicted molar refractivity (Wildman–Crippen MR) is 110 cm³/mol. The van der Waals surface area contributed by atoms with Gasteiger partial charge in [0.1, 0.15) is 11.5 Å². The molecule has 152 valence electrons. The molecule has 0 saturated carbocycles. The number of nitrogens with zero attached hydrogens (tertiary/aromatic N) is 3. The minimum atomic E-state index is -0.684. The molecule has 1 amide bonds. The number of amides is 1. The summed E-state index contributed by atoms with van der Waals surface area (Å²) >= 11 is 0. The molecule has 3 rings (SSSR count). The van der Waals surface area contributed by atoms with Gasteiger partial charge < -0.3 is 19.6 Å². The number of aliphatic hydroxyl groups is 1. The number of ether oxygens (including phenoxy) is 1. The Morgan fingerprint density at radius 2 is 1.90 bits per heavy atom. The molecular formula is C22H25N3O4. The van der Waals surface area contributed by atoms with E-state index in [9.17, 15) is 14.7 Å². The van der Waals surface area contributed by atoms with Gasteiger partial charge in [-0.2, -0.15) is 0 Å². The van der Waals surface area contributed by atoms with Crippen molar-refractivity contribution in [1.82, 2.24) is 14.8 Å². The van der Waals surface area contributed by atoms with E-state index in [1.807, 2.05) is 25.9 Å². The Hall–Kier alpha value is -3.19. The molecule has 0 spiro atoms. The van der Waals surface area contributed by atoms with Crippen LogP contribution in [0.5, 0.6) is 5.75 Å². The number of benzene rings is 1. The van der Waals surface area contributed by atoms with Crippen LogP contribution in [0.3, 0.4) is 0 Å². The topological polar surface area (TPSA) is 83.0 Å². The van der Waals surface area contributed by atoms with Crippen LogP contribution in [0, 0.1) is 6.92 Å². The van der Waals surface area contributed by atoms with Gasteiger partial charge in [-0.25, -0.2) is 0 Å². The maximum absolute atomic E-state index is 12.9. The zero-order valence-electron chi connectivity index (χ0n) is 17.0. The largest absolute Gasteiger partial charge is 0.507 e. The highest BCUT2D eigenvalue weighted by atomic mass is 16.5. The second-order valence-corrected chi connectivity index (χ2v) is 7.26. The summed E-state index contributed by atoms with van der Waals surface area (Å²) in [6.07, 6.45) is 3.22. The molecule has 29 heavy (non-hydrogen) atoms. The highest BCUT2D eigenvalue weighted by Crippen LogP contribution is 2.39. The summed E-state index contributed by atoms with van der Waals surface area (Å²) in [5.41, 5.74) is 2.10. The molecule has 0 radical (unpaired) electrons. The van der Waals surface area contributed by atoms with Gasteiger partial charge in [-0.15, -0.1) is 0 Å². The molecule has 7 heteroatoms. The maximum atomic E-state index is 12.9. The summed E-state index contributed by atoms with van der Waals surface area (Å²) in [5.74, 6) is -0.807. The van der Waals surface area contributed by atoms with Crippen molar-refractivity contribution in [2.24, 2.45) is 0 Å². The maximum Gasteiger partial charge on any atom is 0.295 e. The molecule has 1 atom stereocenters. The van der Waals surface area contributed by atoms with Crippen molar-refractivity contribution in [3.8, 4) is 5.75 Å². The number of methoxy groups -OCH3 is 1. The number of aromatic nitrogens is 1. The van der Waals surface area contributed by atoms with Crippen molar-refractivity contribution < 1.29 is 19.4 Å². The minimum absolute atomic E-state index is 0.0875. The van der Waals surface area contributed by atoms with E-state index in [1.54, 1.807) is 49.8 Å². The number of carbonyl (C=O) groups excluding carboxylic acids is 2. The number of aryl methyl sites for hydroxylation is 1. The van der Waals surface area contributed by atoms with Crippen LogP contribution in [0.25, 0.3) is 5.76 Å². The molecule has 1 aromatic heterocycles. The van der Waals surface area contributed by atoms with Crippen molar-refractivity contribution in [3.63, 3.8) is 0 Å². The van der Waals surface area contributed by atoms with E-state index in [0.717, 1.165) is 11.1 Å². The van der Waals surface area contributed by atoms with E-state index >= 15 is 0 Å². The van der Waals surface area contributed by atoms with Crippen LogP contribution in [0.4, 0.5) is 0 Å². The molecule has 0 bridgehead atoms. The first-order valence-electron chi connectivity index (χ1n) is 9.33. The number of ketones is 1. The van der Waals surface area contributed by atoms with Crippen molar-refractivity contribution in [2.75, 3.05) is 34.3 Å². The van der Waals surface area contributed by atoms with Crippen molar-refractivity contribution in [2.45, 2.75) is 13.0 Å². The molecule has 2 heterocycles. The lowest BCUT2D eigenvalue weighted by atomic mass is 9.95. The fourth-order valence-electron chi connectivity index (χ4n) is 3.49. The fourth-order valence-corrected chi connectivity index (χ4v) is 3.49. The van der Waals surface area contributed by atoms with Crippen LogP contribution >= 0.6 is 0 Å². The van der Waals surface area contributed by atoms with Crippen molar-refractivity contribution >= 4 is 17.4 Å². The van der Waals surface area contributed by atoms with Crippen molar-refractivity contribution in [1.29, 1.82) is 0 Å². The zero-order valence-corrected chi connectivity index (χ0v) is 17.0. The average Bonchev–Trinajstić information content (AvgIpc) is 2.97. The van der Waals surface area contributed by atoms with E-state index in [4.69, 9.17) is 4.74 Å². The second-order valence-electron chi connectivity index (χ2n) is 7.26. The summed E-state index contributed by atoms with van der Waals surface area (Å²) in [6.45, 7) is 2.81. The lowest BCUT2D eigenvalue weighted by molar-refractivity contribution is -0.140. The molecule has 1 aliphatic heterocycles. The van der Waals surface area contributed by atoms with Gasteiger partial charge in [0, 0.05) is 31.0 Å². The lowest BCUT2D eigenvalue weighted by Crippen LogP contribution is -2.35. The Labute approximate surface area is 170 Å². The number of hydrogen-bond acceptors (Lipinski definition) is 6. The van der Waals surface area contributed by atoms with Gasteiger partial charge in [-0.05, 0) is 62.5 Å². The van der Waals surface area contributed by atoms with E-state index < -0.39 is 17.7 Å². The normalized spacial score (nSPS) is 18.5. The van der Waals surface area contributed by atoms with Gasteiger partial charge in [-0.1, -0.05) is 0 Å². The molecule has 2 aromatic rings. The Bertz CT molecular complexity index is 954. The highest BCUT2D eigenvalue weighted by molar-refractivity contribution is 6.46. The molecule has 7 nitrogen and oxygen atoms in total. The molecular weight excluding hydrogens is 370 g/mol. The van der Waals surface area contributed by atoms with Crippen LogP contribution in [0.15, 0.2) is 48.3 Å². The van der Waals surface area contributed by atoms with E-state index in [-0.39, 0.29) is 11.3 Å². The minimum Gasteiger partial charge on any atom is -0.507 e. The third kappa shape index (κ3) is 4.00. The monoisotopic (exact) mass is 395 g/mol. The Morgan fingerprint density at radius 1 is 1.21 bits per heavy atom. The Kier molecular flexibility index (Phi) is 5.98. The Morgan fingerprint density at radius 3 is 2.48 bits per heavy atom. The SMILES string of the molecule is COc1ccc(/C(O)=C2\C(=O)C(=O)N(CCN(C)C)C2c2ccncc2)cc1C. The van der Waals surface area contributed by atoms with Gasteiger partial charge in [0.15, 0.2) is 0 Å². The fraction of sp³-hybridized carbons (Fsp3) is 0.318. The smallest absolute Gasteiger partial charge is 0.295 e. The van der Waals surface area contributed by atoms with Crippen LogP contribution < -0.4 is 4.74 Å². The lowest BCUT2D eigenvalue weighted by Gasteiger charge is -2.26. The van der Waals surface area contributed by atoms with Crippen LogP contribution in [0.1, 0.15) is 22.7 Å². The summed E-state index contributed by atoms with van der Waals surface area (Å²) in [6, 6.07) is 7.99. The van der Waals surface area contributed by atoms with Crippen LogP contribution in [-0.4, -0.2) is 65.9 Å². The predicted octanol–water partition coefficient (Wildman–Crippen LogP) is 2.38. The first-order chi connectivity index (χ1) is 13.8. The summed E-state index contributed by atoms with van der Waals surface area (Å²) in [4.78, 5) is 33.2. The average molecular weight is 395 g/mol. The summed E-state index contributed by atoms with van der Waals surface area (Å²) in [7, 11) is 5.37. The standard InChI is InChI=1S/C22H25N3O4/c1-14-13-16(5-6-17(14)29-4)20(26)18-19(15-7-9-23-10-8-15)25(12-11-24(2)3)22(28)21(18)27/h5-10,13,19,26H,11-12H2,1-4H3/b20-18+. The molecule has 1 fully saturated rings. The van der Waals surface area contributed by atoms with Gasteiger partial charge in [0.05, 0.1) is 18.7 Å². The molecule has 1 aromatic carbocycles. The molecule has 1 aliphatic rings. The number of Topliss-reactive ketones (excluding diaryl/α,β-unsaturated/α-hetero) is 1. The quantitative estimate of drug-likeness (QED) is 0.459. The first-order valence-corrected chi connectivity index (χ1v) is 9.33. The number of rotatable bonds is 6. The number of likely N-dealkylation sites (N-methyl/N-ethyl adjacent to an activating group) is 1. The van der Waals surface area contributed by atoms with Crippen molar-refractivity contribution in [3.05, 3.63) is 65.0 Å². The van der Waals surface area contributed by atoms with E-state index in [1.165, 1.54) is 4.90 Å². The van der Waals surface area contributed by atoms with E-state index in [2.05, 4.69) is 4.98 Å². The van der Waals surface area contributed by atoms with Gasteiger partial charge in [0.25, 0.3) is 11.7 Å². The molecule has 1 N–H and O–H groups in total.